The Balaban J connectivity index is 1.90. The fraction of sp³-hybridized carbons (Fsp3) is 0.350. The van der Waals surface area contributed by atoms with E-state index in [1.54, 1.807) is 0 Å². The number of ether oxygens (including phenoxy) is 1. The summed E-state index contributed by atoms with van der Waals surface area (Å²) in [7, 11) is 0. The second-order valence-electron chi connectivity index (χ2n) is 6.19. The summed E-state index contributed by atoms with van der Waals surface area (Å²) in [5.74, 6) is 0.699. The third kappa shape index (κ3) is 5.98. The molecule has 2 N–H and O–H groups in total. The van der Waals surface area contributed by atoms with Crippen LogP contribution in [0.5, 0.6) is 5.75 Å². The molecule has 0 unspecified atom stereocenters. The molecule has 0 spiro atoms. The van der Waals surface area contributed by atoms with Crippen LogP contribution in [0.3, 0.4) is 0 Å². The van der Waals surface area contributed by atoms with Gasteiger partial charge in [0.25, 0.3) is 0 Å². The fourth-order valence-corrected chi connectivity index (χ4v) is 2.40. The number of nitrogens with one attached hydrogen (secondary N) is 2. The standard InChI is InChI=1S/C20H25ClN2O2/c1-4-11-25-19-10-5-15(12-18(19)21)13-22-16-6-8-17(9-7-16)23-20(24)14(2)3/h5-10,12,14,22H,4,11,13H2,1-3H3,(H,23,24). The smallest absolute Gasteiger partial charge is 0.226 e. The number of halogens is 1. The highest BCUT2D eigenvalue weighted by Gasteiger charge is 2.07. The monoisotopic (exact) mass is 360 g/mol. The van der Waals surface area contributed by atoms with Crippen molar-refractivity contribution in [1.29, 1.82) is 0 Å². The van der Waals surface area contributed by atoms with Crippen molar-refractivity contribution >= 4 is 28.9 Å². The maximum Gasteiger partial charge on any atom is 0.226 e. The first-order valence-corrected chi connectivity index (χ1v) is 8.93. The maximum absolute atomic E-state index is 11.7. The van der Waals surface area contributed by atoms with E-state index in [0.29, 0.717) is 18.2 Å². The number of benzene rings is 2. The lowest BCUT2D eigenvalue weighted by molar-refractivity contribution is -0.118. The summed E-state index contributed by atoms with van der Waals surface area (Å²) in [5, 5.41) is 6.84. The zero-order chi connectivity index (χ0) is 18.2. The number of carbonyl (C=O) groups is 1. The largest absolute Gasteiger partial charge is 0.492 e. The molecule has 4 nitrogen and oxygen atoms in total. The van der Waals surface area contributed by atoms with Crippen LogP contribution >= 0.6 is 11.6 Å². The van der Waals surface area contributed by atoms with Crippen molar-refractivity contribution in [2.24, 2.45) is 5.92 Å². The zero-order valence-corrected chi connectivity index (χ0v) is 15.7. The summed E-state index contributed by atoms with van der Waals surface area (Å²) in [6.45, 7) is 7.12. The summed E-state index contributed by atoms with van der Waals surface area (Å²) in [6, 6.07) is 13.5. The van der Waals surface area contributed by atoms with Crippen LogP contribution in [0.4, 0.5) is 11.4 Å². The molecule has 2 aromatic rings. The number of anilines is 2. The normalized spacial score (nSPS) is 10.6. The van der Waals surface area contributed by atoms with Gasteiger partial charge in [-0.25, -0.2) is 0 Å². The molecule has 0 aliphatic heterocycles. The van der Waals surface area contributed by atoms with Gasteiger partial charge in [0, 0.05) is 23.8 Å². The number of rotatable bonds is 8. The van der Waals surface area contributed by atoms with Crippen LogP contribution < -0.4 is 15.4 Å². The summed E-state index contributed by atoms with van der Waals surface area (Å²) in [5.41, 5.74) is 2.85. The van der Waals surface area contributed by atoms with Gasteiger partial charge in [0.15, 0.2) is 0 Å². The van der Waals surface area contributed by atoms with Crippen molar-refractivity contribution in [1.82, 2.24) is 0 Å². The summed E-state index contributed by atoms with van der Waals surface area (Å²) in [6.07, 6.45) is 0.952. The van der Waals surface area contributed by atoms with Crippen LogP contribution in [-0.2, 0) is 11.3 Å². The van der Waals surface area contributed by atoms with E-state index in [0.717, 1.165) is 29.1 Å². The molecule has 25 heavy (non-hydrogen) atoms. The quantitative estimate of drug-likeness (QED) is 0.668. The van der Waals surface area contributed by atoms with E-state index >= 15 is 0 Å². The van der Waals surface area contributed by atoms with Gasteiger partial charge in [-0.05, 0) is 48.4 Å². The number of hydrogen-bond donors (Lipinski definition) is 2. The van der Waals surface area contributed by atoms with Gasteiger partial charge in [-0.1, -0.05) is 38.4 Å². The van der Waals surface area contributed by atoms with Gasteiger partial charge < -0.3 is 15.4 Å². The van der Waals surface area contributed by atoms with Crippen LogP contribution in [0.25, 0.3) is 0 Å². The Hall–Kier alpha value is -2.20. The second kappa shape index (κ2) is 9.33. The van der Waals surface area contributed by atoms with Crippen LogP contribution in [0.1, 0.15) is 32.8 Å². The van der Waals surface area contributed by atoms with E-state index < -0.39 is 0 Å². The van der Waals surface area contributed by atoms with E-state index in [-0.39, 0.29) is 11.8 Å². The van der Waals surface area contributed by atoms with Crippen molar-refractivity contribution in [3.8, 4) is 5.75 Å². The summed E-state index contributed by atoms with van der Waals surface area (Å²) in [4.78, 5) is 11.7. The molecule has 0 saturated carbocycles. The molecule has 0 radical (unpaired) electrons. The van der Waals surface area contributed by atoms with E-state index in [1.165, 1.54) is 0 Å². The fourth-order valence-electron chi connectivity index (χ4n) is 2.15. The molecule has 0 aliphatic carbocycles. The van der Waals surface area contributed by atoms with E-state index in [1.807, 2.05) is 56.3 Å². The Labute approximate surface area is 154 Å². The molecule has 0 saturated heterocycles. The highest BCUT2D eigenvalue weighted by Crippen LogP contribution is 2.26. The first-order chi connectivity index (χ1) is 12.0. The average Bonchev–Trinajstić information content (AvgIpc) is 2.60. The van der Waals surface area contributed by atoms with Crippen LogP contribution in [0.15, 0.2) is 42.5 Å². The Morgan fingerprint density at radius 2 is 1.80 bits per heavy atom. The Morgan fingerprint density at radius 1 is 1.12 bits per heavy atom. The van der Waals surface area contributed by atoms with Gasteiger partial charge >= 0.3 is 0 Å². The van der Waals surface area contributed by atoms with Crippen molar-refractivity contribution in [2.75, 3.05) is 17.2 Å². The van der Waals surface area contributed by atoms with Crippen LogP contribution in [0.2, 0.25) is 5.02 Å². The number of hydrogen-bond acceptors (Lipinski definition) is 3. The number of carbonyl (C=O) groups excluding carboxylic acids is 1. The molecule has 0 aromatic heterocycles. The third-order valence-electron chi connectivity index (χ3n) is 3.63. The molecule has 134 valence electrons. The van der Waals surface area contributed by atoms with Gasteiger partial charge in [0.05, 0.1) is 11.6 Å². The number of amides is 1. The first-order valence-electron chi connectivity index (χ1n) is 8.55. The van der Waals surface area contributed by atoms with Crippen molar-refractivity contribution in [3.63, 3.8) is 0 Å². The topological polar surface area (TPSA) is 50.4 Å². The minimum absolute atomic E-state index is 0.0146. The van der Waals surface area contributed by atoms with Gasteiger partial charge in [0.1, 0.15) is 5.75 Å². The van der Waals surface area contributed by atoms with Crippen LogP contribution in [-0.4, -0.2) is 12.5 Å². The predicted molar refractivity (Wildman–Crippen MR) is 104 cm³/mol. The molecule has 0 heterocycles. The maximum atomic E-state index is 11.7. The zero-order valence-electron chi connectivity index (χ0n) is 14.9. The lowest BCUT2D eigenvalue weighted by Crippen LogP contribution is -2.17. The molecular weight excluding hydrogens is 336 g/mol. The Kier molecular flexibility index (Phi) is 7.14. The minimum atomic E-state index is -0.0353. The summed E-state index contributed by atoms with van der Waals surface area (Å²) >= 11 is 6.25. The molecule has 1 amide bonds. The van der Waals surface area contributed by atoms with Gasteiger partial charge in [-0.2, -0.15) is 0 Å². The van der Waals surface area contributed by atoms with Crippen LogP contribution in [0, 0.1) is 5.92 Å². The molecule has 0 fully saturated rings. The van der Waals surface area contributed by atoms with Gasteiger partial charge in [-0.15, -0.1) is 0 Å². The average molecular weight is 361 g/mol. The first kappa shape index (κ1) is 19.1. The molecule has 2 aromatic carbocycles. The SMILES string of the molecule is CCCOc1ccc(CNc2ccc(NC(=O)C(C)C)cc2)cc1Cl. The third-order valence-corrected chi connectivity index (χ3v) is 3.93. The minimum Gasteiger partial charge on any atom is -0.492 e. The molecule has 0 atom stereocenters. The molecule has 0 aliphatic rings. The molecular formula is C20H25ClN2O2. The Morgan fingerprint density at radius 3 is 2.40 bits per heavy atom. The second-order valence-corrected chi connectivity index (χ2v) is 6.60. The predicted octanol–water partition coefficient (Wildman–Crippen LogP) is 5.34. The van der Waals surface area contributed by atoms with E-state index in [9.17, 15) is 4.79 Å². The van der Waals surface area contributed by atoms with Crippen molar-refractivity contribution in [2.45, 2.75) is 33.7 Å². The molecule has 5 heteroatoms. The molecule has 2 rings (SSSR count). The van der Waals surface area contributed by atoms with E-state index in [4.69, 9.17) is 16.3 Å². The van der Waals surface area contributed by atoms with Crippen molar-refractivity contribution in [3.05, 3.63) is 53.1 Å². The van der Waals surface area contributed by atoms with Gasteiger partial charge in [-0.3, -0.25) is 4.79 Å². The lowest BCUT2D eigenvalue weighted by Gasteiger charge is -2.11. The lowest BCUT2D eigenvalue weighted by atomic mass is 10.2. The highest BCUT2D eigenvalue weighted by atomic mass is 35.5. The summed E-state index contributed by atoms with van der Waals surface area (Å²) < 4.78 is 5.58. The Bertz CT molecular complexity index is 699. The van der Waals surface area contributed by atoms with Crippen molar-refractivity contribution < 1.29 is 9.53 Å². The highest BCUT2D eigenvalue weighted by molar-refractivity contribution is 6.32. The van der Waals surface area contributed by atoms with Gasteiger partial charge in [0.2, 0.25) is 5.91 Å². The molecule has 0 bridgehead atoms. The van der Waals surface area contributed by atoms with E-state index in [2.05, 4.69) is 17.6 Å².